The van der Waals surface area contributed by atoms with Crippen LogP contribution in [0.5, 0.6) is 5.75 Å². The second kappa shape index (κ2) is 7.09. The van der Waals surface area contributed by atoms with Crippen LogP contribution in [-0.2, 0) is 16.1 Å². The maximum Gasteiger partial charge on any atom is 0.317 e. The van der Waals surface area contributed by atoms with Crippen molar-refractivity contribution < 1.29 is 19.1 Å². The molecule has 7 nitrogen and oxygen atoms in total. The fourth-order valence-electron chi connectivity index (χ4n) is 3.23. The quantitative estimate of drug-likeness (QED) is 0.886. The van der Waals surface area contributed by atoms with Crippen LogP contribution in [0.15, 0.2) is 24.3 Å². The van der Waals surface area contributed by atoms with Crippen molar-refractivity contribution in [3.63, 3.8) is 0 Å². The first-order chi connectivity index (χ1) is 11.6. The van der Waals surface area contributed by atoms with Gasteiger partial charge < -0.3 is 24.6 Å². The molecule has 2 saturated heterocycles. The molecule has 2 atom stereocenters. The van der Waals surface area contributed by atoms with Crippen LogP contribution in [-0.4, -0.2) is 67.2 Å². The molecule has 2 aliphatic heterocycles. The highest BCUT2D eigenvalue weighted by Gasteiger charge is 2.44. The summed E-state index contributed by atoms with van der Waals surface area (Å²) in [7, 11) is 1.62. The number of rotatable bonds is 4. The highest BCUT2D eigenvalue weighted by molar-refractivity contribution is 5.79. The zero-order valence-corrected chi connectivity index (χ0v) is 14.0. The lowest BCUT2D eigenvalue weighted by molar-refractivity contribution is -0.153. The molecule has 1 aromatic rings. The Labute approximate surface area is 141 Å². The maximum absolute atomic E-state index is 12.3. The molecule has 0 spiro atoms. The molecule has 7 heteroatoms. The molecule has 0 aromatic heterocycles. The number of fused-ring (bicyclic) bond motifs is 1. The zero-order valence-electron chi connectivity index (χ0n) is 14.0. The fourth-order valence-corrected chi connectivity index (χ4v) is 3.23. The van der Waals surface area contributed by atoms with Gasteiger partial charge in [0.2, 0.25) is 5.91 Å². The third-order valence-electron chi connectivity index (χ3n) is 4.51. The number of ether oxygens (including phenoxy) is 2. The summed E-state index contributed by atoms with van der Waals surface area (Å²) < 4.78 is 10.8. The molecular formula is C17H23N3O4. The van der Waals surface area contributed by atoms with Gasteiger partial charge in [-0.2, -0.15) is 0 Å². The van der Waals surface area contributed by atoms with Gasteiger partial charge in [-0.1, -0.05) is 12.1 Å². The number of urea groups is 1. The first kappa shape index (κ1) is 16.6. The van der Waals surface area contributed by atoms with Crippen molar-refractivity contribution in [1.29, 1.82) is 0 Å². The fraction of sp³-hybridized carbons (Fsp3) is 0.529. The SMILES string of the molecule is CCNC(=O)N1C[C@@H]2OCC(=O)N(Cc3ccc(OC)cc3)[C@@H]2C1. The third-order valence-corrected chi connectivity index (χ3v) is 4.51. The lowest BCUT2D eigenvalue weighted by Gasteiger charge is -2.36. The van der Waals surface area contributed by atoms with Crippen LogP contribution >= 0.6 is 0 Å². The molecule has 130 valence electrons. The average Bonchev–Trinajstić information content (AvgIpc) is 3.03. The van der Waals surface area contributed by atoms with Crippen molar-refractivity contribution in [2.45, 2.75) is 25.6 Å². The largest absolute Gasteiger partial charge is 0.497 e. The summed E-state index contributed by atoms with van der Waals surface area (Å²) in [6.07, 6.45) is -0.122. The maximum atomic E-state index is 12.3. The molecule has 2 fully saturated rings. The smallest absolute Gasteiger partial charge is 0.317 e. The summed E-state index contributed by atoms with van der Waals surface area (Å²) in [5.74, 6) is 0.748. The number of carbonyl (C=O) groups excluding carboxylic acids is 2. The van der Waals surface area contributed by atoms with Crippen LogP contribution in [0.25, 0.3) is 0 Å². The molecule has 3 rings (SSSR count). The molecule has 0 saturated carbocycles. The van der Waals surface area contributed by atoms with Gasteiger partial charge in [-0.3, -0.25) is 4.79 Å². The number of hydrogen-bond donors (Lipinski definition) is 1. The predicted octanol–water partition coefficient (Wildman–Crippen LogP) is 0.836. The van der Waals surface area contributed by atoms with Gasteiger partial charge in [-0.25, -0.2) is 4.79 Å². The van der Waals surface area contributed by atoms with Crippen molar-refractivity contribution >= 4 is 11.9 Å². The number of carbonyl (C=O) groups is 2. The lowest BCUT2D eigenvalue weighted by atomic mass is 10.1. The molecule has 0 bridgehead atoms. The Kier molecular flexibility index (Phi) is 4.89. The summed E-state index contributed by atoms with van der Waals surface area (Å²) in [4.78, 5) is 27.9. The molecule has 2 aliphatic rings. The molecular weight excluding hydrogens is 310 g/mol. The van der Waals surface area contributed by atoms with Crippen molar-refractivity contribution in [3.8, 4) is 5.75 Å². The van der Waals surface area contributed by atoms with Crippen LogP contribution in [0.2, 0.25) is 0 Å². The number of hydrogen-bond acceptors (Lipinski definition) is 4. The van der Waals surface area contributed by atoms with Crippen molar-refractivity contribution in [3.05, 3.63) is 29.8 Å². The summed E-state index contributed by atoms with van der Waals surface area (Å²) in [5.41, 5.74) is 1.03. The van der Waals surface area contributed by atoms with Gasteiger partial charge in [-0.15, -0.1) is 0 Å². The number of benzene rings is 1. The van der Waals surface area contributed by atoms with E-state index in [4.69, 9.17) is 9.47 Å². The zero-order chi connectivity index (χ0) is 17.1. The number of nitrogens with one attached hydrogen (secondary N) is 1. The minimum atomic E-state index is -0.122. The second-order valence-electron chi connectivity index (χ2n) is 6.03. The Balaban J connectivity index is 1.71. The highest BCUT2D eigenvalue weighted by atomic mass is 16.5. The van der Waals surface area contributed by atoms with E-state index in [0.717, 1.165) is 11.3 Å². The number of nitrogens with zero attached hydrogens (tertiary/aromatic N) is 2. The van der Waals surface area contributed by atoms with Crippen molar-refractivity contribution in [2.24, 2.45) is 0 Å². The van der Waals surface area contributed by atoms with Crippen LogP contribution in [0.1, 0.15) is 12.5 Å². The minimum absolute atomic E-state index is 0.0372. The predicted molar refractivity (Wildman–Crippen MR) is 87.7 cm³/mol. The second-order valence-corrected chi connectivity index (χ2v) is 6.03. The van der Waals surface area contributed by atoms with E-state index in [0.29, 0.717) is 26.2 Å². The molecule has 2 heterocycles. The number of likely N-dealkylation sites (tertiary alicyclic amines) is 1. The average molecular weight is 333 g/mol. The minimum Gasteiger partial charge on any atom is -0.497 e. The molecule has 0 aliphatic carbocycles. The Morgan fingerprint density at radius 3 is 2.75 bits per heavy atom. The molecule has 0 radical (unpaired) electrons. The Bertz CT molecular complexity index is 604. The van der Waals surface area contributed by atoms with Gasteiger partial charge in [0, 0.05) is 19.6 Å². The summed E-state index contributed by atoms with van der Waals surface area (Å²) >= 11 is 0. The standard InChI is InChI=1S/C17H23N3O4/c1-3-18-17(22)19-9-14-15(10-19)24-11-16(21)20(14)8-12-4-6-13(23-2)7-5-12/h4-7,14-15H,3,8-11H2,1-2H3,(H,18,22)/t14-,15+/m1/s1. The van der Waals surface area contributed by atoms with Gasteiger partial charge in [0.05, 0.1) is 25.8 Å². The first-order valence-corrected chi connectivity index (χ1v) is 8.19. The van der Waals surface area contributed by atoms with E-state index in [1.165, 1.54) is 0 Å². The van der Waals surface area contributed by atoms with E-state index >= 15 is 0 Å². The molecule has 1 N–H and O–H groups in total. The normalized spacial score (nSPS) is 23.2. The topological polar surface area (TPSA) is 71.1 Å². The highest BCUT2D eigenvalue weighted by Crippen LogP contribution is 2.25. The van der Waals surface area contributed by atoms with Crippen molar-refractivity contribution in [1.82, 2.24) is 15.1 Å². The van der Waals surface area contributed by atoms with Crippen LogP contribution in [0.4, 0.5) is 4.79 Å². The monoisotopic (exact) mass is 333 g/mol. The Hall–Kier alpha value is -2.28. The summed E-state index contributed by atoms with van der Waals surface area (Å²) in [6.45, 7) is 4.06. The Morgan fingerprint density at radius 2 is 2.08 bits per heavy atom. The van der Waals surface area contributed by atoms with Crippen LogP contribution in [0.3, 0.4) is 0 Å². The van der Waals surface area contributed by atoms with E-state index in [-0.39, 0.29) is 30.7 Å². The lowest BCUT2D eigenvalue weighted by Crippen LogP contribution is -2.53. The molecule has 0 unspecified atom stereocenters. The number of methoxy groups -OCH3 is 1. The van der Waals surface area contributed by atoms with Crippen molar-refractivity contribution in [2.75, 3.05) is 33.4 Å². The van der Waals surface area contributed by atoms with E-state index in [9.17, 15) is 9.59 Å². The van der Waals surface area contributed by atoms with E-state index in [1.807, 2.05) is 36.1 Å². The number of morpholine rings is 1. The van der Waals surface area contributed by atoms with Gasteiger partial charge in [0.25, 0.3) is 0 Å². The Morgan fingerprint density at radius 1 is 1.33 bits per heavy atom. The first-order valence-electron chi connectivity index (χ1n) is 8.19. The van der Waals surface area contributed by atoms with E-state index in [2.05, 4.69) is 5.32 Å². The van der Waals surface area contributed by atoms with Gasteiger partial charge in [0.15, 0.2) is 0 Å². The molecule has 1 aromatic carbocycles. The number of amides is 3. The van der Waals surface area contributed by atoms with E-state index in [1.54, 1.807) is 12.0 Å². The van der Waals surface area contributed by atoms with Gasteiger partial charge >= 0.3 is 6.03 Å². The molecule has 3 amide bonds. The summed E-state index contributed by atoms with van der Waals surface area (Å²) in [6, 6.07) is 7.46. The van der Waals surface area contributed by atoms with Gasteiger partial charge in [0.1, 0.15) is 12.4 Å². The molecule has 24 heavy (non-hydrogen) atoms. The van der Waals surface area contributed by atoms with Gasteiger partial charge in [-0.05, 0) is 24.6 Å². The van der Waals surface area contributed by atoms with Crippen LogP contribution < -0.4 is 10.1 Å². The third kappa shape index (κ3) is 3.31. The van der Waals surface area contributed by atoms with E-state index < -0.39 is 0 Å². The summed E-state index contributed by atoms with van der Waals surface area (Å²) in [5, 5.41) is 2.80. The van der Waals surface area contributed by atoms with Crippen LogP contribution in [0, 0.1) is 0 Å².